The van der Waals surface area contributed by atoms with Gasteiger partial charge < -0.3 is 14.8 Å². The highest BCUT2D eigenvalue weighted by Gasteiger charge is 2.10. The number of aldehydes is 1. The van der Waals surface area contributed by atoms with Crippen molar-refractivity contribution >= 4 is 12.3 Å². The lowest BCUT2D eigenvalue weighted by atomic mass is 10.1. The first kappa shape index (κ1) is 8.52. The summed E-state index contributed by atoms with van der Waals surface area (Å²) in [5.74, 6) is -0.935. The predicted octanol–water partition coefficient (Wildman–Crippen LogP) is 0.373. The van der Waals surface area contributed by atoms with Crippen molar-refractivity contribution in [3.63, 3.8) is 0 Å². The molecule has 1 aliphatic rings. The molecule has 1 N–H and O–H groups in total. The fourth-order valence-electron chi connectivity index (χ4n) is 0.953. The minimum absolute atomic E-state index is 0.202. The van der Waals surface area contributed by atoms with Crippen molar-refractivity contribution in [3.8, 4) is 0 Å². The quantitative estimate of drug-likeness (QED) is 0.617. The number of hydrogen-bond donors (Lipinski definition) is 1. The molecule has 0 amide bonds. The second kappa shape index (κ2) is 3.71. The molecule has 0 saturated carbocycles. The first-order valence-electron chi connectivity index (χ1n) is 3.54. The minimum atomic E-state index is -0.935. The summed E-state index contributed by atoms with van der Waals surface area (Å²) in [6, 6.07) is 0. The lowest BCUT2D eigenvalue weighted by molar-refractivity contribution is -0.132. The van der Waals surface area contributed by atoms with Crippen LogP contribution in [0.3, 0.4) is 0 Å². The summed E-state index contributed by atoms with van der Waals surface area (Å²) in [7, 11) is 0. The first-order chi connectivity index (χ1) is 5.74. The van der Waals surface area contributed by atoms with Crippen LogP contribution in [0.5, 0.6) is 0 Å². The van der Waals surface area contributed by atoms with Gasteiger partial charge in [-0.3, -0.25) is 0 Å². The van der Waals surface area contributed by atoms with Gasteiger partial charge in [0.1, 0.15) is 6.29 Å². The molecule has 12 heavy (non-hydrogen) atoms. The Bertz CT molecular complexity index is 255. The standard InChI is InChI=1S/C8H9NO3/c10-5-4-9-3-1-2-7(6-9)8(11)12/h1,3,5-6H,2,4H2,(H,11,12). The van der Waals surface area contributed by atoms with Crippen LogP contribution in [0.15, 0.2) is 24.0 Å². The van der Waals surface area contributed by atoms with Gasteiger partial charge >= 0.3 is 5.97 Å². The molecule has 1 heterocycles. The highest BCUT2D eigenvalue weighted by atomic mass is 16.4. The number of rotatable bonds is 3. The third kappa shape index (κ3) is 1.95. The van der Waals surface area contributed by atoms with Crippen LogP contribution in [0, 0.1) is 0 Å². The molecule has 1 rings (SSSR count). The first-order valence-corrected chi connectivity index (χ1v) is 3.54. The number of carbonyl (C=O) groups is 2. The highest BCUT2D eigenvalue weighted by molar-refractivity contribution is 5.87. The van der Waals surface area contributed by atoms with Gasteiger partial charge in [-0.15, -0.1) is 0 Å². The zero-order valence-corrected chi connectivity index (χ0v) is 6.43. The molecule has 0 atom stereocenters. The second-order valence-corrected chi connectivity index (χ2v) is 2.41. The van der Waals surface area contributed by atoms with Gasteiger partial charge in [-0.05, 0) is 0 Å². The summed E-state index contributed by atoms with van der Waals surface area (Å²) in [4.78, 5) is 22.1. The predicted molar refractivity (Wildman–Crippen MR) is 42.2 cm³/mol. The maximum absolute atomic E-state index is 10.5. The Kier molecular flexibility index (Phi) is 2.63. The zero-order chi connectivity index (χ0) is 8.97. The fraction of sp³-hybridized carbons (Fsp3) is 0.250. The van der Waals surface area contributed by atoms with Crippen LogP contribution < -0.4 is 0 Å². The Morgan fingerprint density at radius 1 is 1.75 bits per heavy atom. The van der Waals surface area contributed by atoms with Crippen molar-refractivity contribution in [3.05, 3.63) is 24.0 Å². The number of carboxylic acids is 1. The van der Waals surface area contributed by atoms with Gasteiger partial charge in [0, 0.05) is 18.8 Å². The van der Waals surface area contributed by atoms with Crippen LogP contribution in [-0.4, -0.2) is 28.8 Å². The summed E-state index contributed by atoms with van der Waals surface area (Å²) in [6.07, 6.45) is 6.03. The summed E-state index contributed by atoms with van der Waals surface area (Å²) < 4.78 is 0. The van der Waals surface area contributed by atoms with E-state index in [4.69, 9.17) is 5.11 Å². The number of allylic oxidation sites excluding steroid dienone is 1. The van der Waals surface area contributed by atoms with Crippen molar-refractivity contribution < 1.29 is 14.7 Å². The fourth-order valence-corrected chi connectivity index (χ4v) is 0.953. The number of aliphatic carboxylic acids is 1. The van der Waals surface area contributed by atoms with Crippen LogP contribution in [0.2, 0.25) is 0 Å². The molecule has 64 valence electrons. The molecular weight excluding hydrogens is 158 g/mol. The SMILES string of the molecule is O=CCN1C=CCC(C(=O)O)=C1. The molecule has 0 spiro atoms. The van der Waals surface area contributed by atoms with E-state index in [2.05, 4.69) is 0 Å². The zero-order valence-electron chi connectivity index (χ0n) is 6.43. The molecule has 1 aliphatic heterocycles. The molecule has 4 heteroatoms. The lowest BCUT2D eigenvalue weighted by Gasteiger charge is -2.16. The Balaban J connectivity index is 2.67. The molecule has 0 radical (unpaired) electrons. The van der Waals surface area contributed by atoms with E-state index in [0.29, 0.717) is 12.0 Å². The van der Waals surface area contributed by atoms with Gasteiger partial charge in [0.05, 0.1) is 12.1 Å². The van der Waals surface area contributed by atoms with E-state index in [1.165, 1.54) is 6.20 Å². The molecule has 0 aromatic rings. The van der Waals surface area contributed by atoms with Gasteiger partial charge in [-0.25, -0.2) is 4.79 Å². The van der Waals surface area contributed by atoms with E-state index in [1.807, 2.05) is 0 Å². The van der Waals surface area contributed by atoms with Crippen LogP contribution in [0.25, 0.3) is 0 Å². The van der Waals surface area contributed by atoms with E-state index in [9.17, 15) is 9.59 Å². The topological polar surface area (TPSA) is 57.6 Å². The Morgan fingerprint density at radius 3 is 3.08 bits per heavy atom. The van der Waals surface area contributed by atoms with Crippen LogP contribution in [0.4, 0.5) is 0 Å². The Morgan fingerprint density at radius 2 is 2.50 bits per heavy atom. The number of hydrogen-bond acceptors (Lipinski definition) is 3. The lowest BCUT2D eigenvalue weighted by Crippen LogP contribution is -2.17. The Hall–Kier alpha value is -1.58. The molecule has 0 aliphatic carbocycles. The van der Waals surface area contributed by atoms with Crippen molar-refractivity contribution in [2.24, 2.45) is 0 Å². The highest BCUT2D eigenvalue weighted by Crippen LogP contribution is 2.10. The number of carboxylic acid groups (broad SMARTS) is 1. The van der Waals surface area contributed by atoms with Crippen molar-refractivity contribution in [2.75, 3.05) is 6.54 Å². The normalized spacial score (nSPS) is 15.7. The summed E-state index contributed by atoms with van der Waals surface area (Å²) in [6.45, 7) is 0.202. The molecule has 0 aromatic carbocycles. The molecule has 0 saturated heterocycles. The smallest absolute Gasteiger partial charge is 0.333 e. The molecule has 0 unspecified atom stereocenters. The second-order valence-electron chi connectivity index (χ2n) is 2.41. The van der Waals surface area contributed by atoms with Gasteiger partial charge in [-0.1, -0.05) is 6.08 Å². The average molecular weight is 167 g/mol. The van der Waals surface area contributed by atoms with E-state index in [0.717, 1.165) is 6.29 Å². The van der Waals surface area contributed by atoms with Gasteiger partial charge in [-0.2, -0.15) is 0 Å². The molecular formula is C8H9NO3. The number of carbonyl (C=O) groups excluding carboxylic acids is 1. The van der Waals surface area contributed by atoms with E-state index in [-0.39, 0.29) is 6.54 Å². The molecule has 0 fully saturated rings. The summed E-state index contributed by atoms with van der Waals surface area (Å²) >= 11 is 0. The number of nitrogens with zero attached hydrogens (tertiary/aromatic N) is 1. The monoisotopic (exact) mass is 167 g/mol. The van der Waals surface area contributed by atoms with Crippen LogP contribution >= 0.6 is 0 Å². The molecule has 4 nitrogen and oxygen atoms in total. The van der Waals surface area contributed by atoms with Gasteiger partial charge in [0.25, 0.3) is 0 Å². The van der Waals surface area contributed by atoms with Crippen molar-refractivity contribution in [2.45, 2.75) is 6.42 Å². The van der Waals surface area contributed by atoms with Crippen molar-refractivity contribution in [1.82, 2.24) is 4.90 Å². The van der Waals surface area contributed by atoms with E-state index >= 15 is 0 Å². The third-order valence-corrected chi connectivity index (χ3v) is 1.52. The Labute approximate surface area is 69.8 Å². The summed E-state index contributed by atoms with van der Waals surface area (Å²) in [5.41, 5.74) is 0.305. The maximum atomic E-state index is 10.5. The molecule has 0 aromatic heterocycles. The molecule has 0 bridgehead atoms. The third-order valence-electron chi connectivity index (χ3n) is 1.52. The largest absolute Gasteiger partial charge is 0.478 e. The summed E-state index contributed by atoms with van der Waals surface area (Å²) in [5, 5.41) is 8.61. The average Bonchev–Trinajstić information content (AvgIpc) is 2.05. The van der Waals surface area contributed by atoms with Crippen LogP contribution in [-0.2, 0) is 9.59 Å². The van der Waals surface area contributed by atoms with Crippen molar-refractivity contribution in [1.29, 1.82) is 0 Å². The minimum Gasteiger partial charge on any atom is -0.478 e. The van der Waals surface area contributed by atoms with E-state index in [1.54, 1.807) is 17.2 Å². The van der Waals surface area contributed by atoms with Gasteiger partial charge in [0.2, 0.25) is 0 Å². The van der Waals surface area contributed by atoms with Crippen LogP contribution in [0.1, 0.15) is 6.42 Å². The van der Waals surface area contributed by atoms with Gasteiger partial charge in [0.15, 0.2) is 0 Å². The maximum Gasteiger partial charge on any atom is 0.333 e. The van der Waals surface area contributed by atoms with E-state index < -0.39 is 5.97 Å².